The first kappa shape index (κ1) is 11.7. The molecule has 3 nitrogen and oxygen atoms in total. The van der Waals surface area contributed by atoms with E-state index in [2.05, 4.69) is 5.32 Å². The van der Waals surface area contributed by atoms with E-state index in [4.69, 9.17) is 5.73 Å². The van der Waals surface area contributed by atoms with Crippen LogP contribution >= 0.6 is 0 Å². The van der Waals surface area contributed by atoms with Gasteiger partial charge in [0.15, 0.2) is 0 Å². The van der Waals surface area contributed by atoms with Gasteiger partial charge in [0.05, 0.1) is 6.04 Å². The molecular formula is C15H20N2O. The summed E-state index contributed by atoms with van der Waals surface area (Å²) in [4.78, 5) is 12.2. The summed E-state index contributed by atoms with van der Waals surface area (Å²) in [6, 6.07) is 9.93. The van der Waals surface area contributed by atoms with Crippen LogP contribution in [0, 0.1) is 17.8 Å². The number of benzene rings is 1. The molecule has 18 heavy (non-hydrogen) atoms. The highest BCUT2D eigenvalue weighted by molar-refractivity contribution is 5.79. The number of nitrogens with one attached hydrogen (secondary N) is 1. The van der Waals surface area contributed by atoms with Gasteiger partial charge in [0.25, 0.3) is 0 Å². The van der Waals surface area contributed by atoms with Gasteiger partial charge < -0.3 is 11.1 Å². The third kappa shape index (κ3) is 2.27. The molecule has 0 aromatic heterocycles. The predicted octanol–water partition coefficient (Wildman–Crippen LogP) is 1.85. The highest BCUT2D eigenvalue weighted by Gasteiger charge is 2.48. The molecule has 2 aliphatic carbocycles. The minimum absolute atomic E-state index is 0.0457. The Morgan fingerprint density at radius 2 is 1.89 bits per heavy atom. The van der Waals surface area contributed by atoms with Crippen molar-refractivity contribution in [3.8, 4) is 0 Å². The summed E-state index contributed by atoms with van der Waals surface area (Å²) in [6.07, 6.45) is 3.52. The molecule has 0 saturated heterocycles. The second-order valence-electron chi connectivity index (χ2n) is 5.63. The van der Waals surface area contributed by atoms with Crippen LogP contribution in [-0.4, -0.2) is 12.5 Å². The van der Waals surface area contributed by atoms with Gasteiger partial charge in [-0.05, 0) is 36.7 Å². The van der Waals surface area contributed by atoms with Gasteiger partial charge in [0, 0.05) is 12.5 Å². The standard InChI is InChI=1S/C15H20N2O/c16-9-14(10-4-2-1-3-5-10)17-15(18)13-7-11-6-12(11)8-13/h1-5,11-14H,6-9,16H2,(H,17,18). The van der Waals surface area contributed by atoms with E-state index in [1.807, 2.05) is 30.3 Å². The van der Waals surface area contributed by atoms with Crippen molar-refractivity contribution in [3.05, 3.63) is 35.9 Å². The van der Waals surface area contributed by atoms with E-state index in [9.17, 15) is 4.79 Å². The van der Waals surface area contributed by atoms with E-state index in [0.717, 1.165) is 30.2 Å². The van der Waals surface area contributed by atoms with Crippen molar-refractivity contribution in [1.82, 2.24) is 5.32 Å². The fourth-order valence-electron chi connectivity index (χ4n) is 3.18. The molecule has 3 atom stereocenters. The van der Waals surface area contributed by atoms with E-state index >= 15 is 0 Å². The van der Waals surface area contributed by atoms with Crippen molar-refractivity contribution in [2.24, 2.45) is 23.5 Å². The molecule has 3 N–H and O–H groups in total. The highest BCUT2D eigenvalue weighted by Crippen LogP contribution is 2.54. The molecule has 0 heterocycles. The highest BCUT2D eigenvalue weighted by atomic mass is 16.2. The Balaban J connectivity index is 1.61. The Kier molecular flexibility index (Phi) is 3.08. The summed E-state index contributed by atoms with van der Waals surface area (Å²) in [6.45, 7) is 0.454. The molecule has 2 fully saturated rings. The molecule has 3 unspecified atom stereocenters. The van der Waals surface area contributed by atoms with Crippen LogP contribution in [0.2, 0.25) is 0 Å². The summed E-state index contributed by atoms with van der Waals surface area (Å²) >= 11 is 0. The number of rotatable bonds is 4. The first-order chi connectivity index (χ1) is 8.78. The lowest BCUT2D eigenvalue weighted by molar-refractivity contribution is -0.125. The molecule has 0 spiro atoms. The van der Waals surface area contributed by atoms with Crippen LogP contribution in [0.4, 0.5) is 0 Å². The Morgan fingerprint density at radius 3 is 2.50 bits per heavy atom. The van der Waals surface area contributed by atoms with Gasteiger partial charge in [-0.15, -0.1) is 0 Å². The molecule has 1 amide bonds. The van der Waals surface area contributed by atoms with Crippen molar-refractivity contribution in [1.29, 1.82) is 0 Å². The van der Waals surface area contributed by atoms with Crippen molar-refractivity contribution in [2.45, 2.75) is 25.3 Å². The molecule has 0 bridgehead atoms. The fraction of sp³-hybridized carbons (Fsp3) is 0.533. The Bertz CT molecular complexity index is 421. The number of carbonyl (C=O) groups excluding carboxylic acids is 1. The topological polar surface area (TPSA) is 55.1 Å². The van der Waals surface area contributed by atoms with Gasteiger partial charge in [-0.2, -0.15) is 0 Å². The van der Waals surface area contributed by atoms with Gasteiger partial charge in [0.1, 0.15) is 0 Å². The minimum atomic E-state index is -0.0457. The summed E-state index contributed by atoms with van der Waals surface area (Å²) in [7, 11) is 0. The monoisotopic (exact) mass is 244 g/mol. The van der Waals surface area contributed by atoms with Crippen LogP contribution in [0.25, 0.3) is 0 Å². The first-order valence-electron chi connectivity index (χ1n) is 6.83. The van der Waals surface area contributed by atoms with Crippen LogP contribution in [-0.2, 0) is 4.79 Å². The van der Waals surface area contributed by atoms with Crippen molar-refractivity contribution in [2.75, 3.05) is 6.54 Å². The number of amides is 1. The van der Waals surface area contributed by atoms with E-state index < -0.39 is 0 Å². The summed E-state index contributed by atoms with van der Waals surface area (Å²) in [5.74, 6) is 2.11. The van der Waals surface area contributed by atoms with E-state index in [1.54, 1.807) is 0 Å². The lowest BCUT2D eigenvalue weighted by Gasteiger charge is -2.20. The molecule has 1 aromatic rings. The predicted molar refractivity (Wildman–Crippen MR) is 70.7 cm³/mol. The largest absolute Gasteiger partial charge is 0.348 e. The third-order valence-corrected chi connectivity index (χ3v) is 4.37. The zero-order valence-corrected chi connectivity index (χ0v) is 10.5. The van der Waals surface area contributed by atoms with E-state index in [-0.39, 0.29) is 17.9 Å². The SMILES string of the molecule is NCC(NC(=O)C1CC2CC2C1)c1ccccc1. The van der Waals surface area contributed by atoms with E-state index in [0.29, 0.717) is 6.54 Å². The second-order valence-corrected chi connectivity index (χ2v) is 5.63. The molecule has 3 heteroatoms. The summed E-state index contributed by atoms with van der Waals surface area (Å²) < 4.78 is 0. The van der Waals surface area contributed by atoms with E-state index in [1.165, 1.54) is 6.42 Å². The van der Waals surface area contributed by atoms with Gasteiger partial charge in [-0.25, -0.2) is 0 Å². The van der Waals surface area contributed by atoms with Crippen molar-refractivity contribution >= 4 is 5.91 Å². The molecule has 2 aliphatic rings. The molecule has 0 aliphatic heterocycles. The fourth-order valence-corrected chi connectivity index (χ4v) is 3.18. The zero-order chi connectivity index (χ0) is 12.5. The van der Waals surface area contributed by atoms with Crippen molar-refractivity contribution < 1.29 is 4.79 Å². The average Bonchev–Trinajstić information content (AvgIpc) is 3.03. The second kappa shape index (κ2) is 4.73. The quantitative estimate of drug-likeness (QED) is 0.849. The molecule has 2 saturated carbocycles. The Labute approximate surface area is 108 Å². The van der Waals surface area contributed by atoms with Gasteiger partial charge in [-0.1, -0.05) is 30.3 Å². The maximum absolute atomic E-state index is 12.2. The minimum Gasteiger partial charge on any atom is -0.348 e. The number of nitrogens with two attached hydrogens (primary N) is 1. The lowest BCUT2D eigenvalue weighted by atomic mass is 10.0. The Hall–Kier alpha value is -1.35. The number of fused-ring (bicyclic) bond motifs is 1. The van der Waals surface area contributed by atoms with Gasteiger partial charge in [-0.3, -0.25) is 4.79 Å². The average molecular weight is 244 g/mol. The molecule has 0 radical (unpaired) electrons. The molecule has 96 valence electrons. The molecule has 1 aromatic carbocycles. The third-order valence-electron chi connectivity index (χ3n) is 4.37. The molecular weight excluding hydrogens is 224 g/mol. The van der Waals surface area contributed by atoms with Gasteiger partial charge >= 0.3 is 0 Å². The van der Waals surface area contributed by atoms with Crippen LogP contribution in [0.15, 0.2) is 30.3 Å². The zero-order valence-electron chi connectivity index (χ0n) is 10.5. The maximum atomic E-state index is 12.2. The van der Waals surface area contributed by atoms with Crippen LogP contribution in [0.3, 0.4) is 0 Å². The smallest absolute Gasteiger partial charge is 0.223 e. The van der Waals surface area contributed by atoms with Crippen LogP contribution < -0.4 is 11.1 Å². The molecule has 3 rings (SSSR count). The van der Waals surface area contributed by atoms with Crippen LogP contribution in [0.5, 0.6) is 0 Å². The Morgan fingerprint density at radius 1 is 1.22 bits per heavy atom. The maximum Gasteiger partial charge on any atom is 0.223 e. The summed E-state index contributed by atoms with van der Waals surface area (Å²) in [5.41, 5.74) is 6.87. The first-order valence-corrected chi connectivity index (χ1v) is 6.83. The van der Waals surface area contributed by atoms with Gasteiger partial charge in [0.2, 0.25) is 5.91 Å². The van der Waals surface area contributed by atoms with Crippen LogP contribution in [0.1, 0.15) is 30.9 Å². The number of hydrogen-bond acceptors (Lipinski definition) is 2. The number of hydrogen-bond donors (Lipinski definition) is 2. The normalized spacial score (nSPS) is 30.6. The lowest BCUT2D eigenvalue weighted by Crippen LogP contribution is -2.37. The number of carbonyl (C=O) groups is 1. The van der Waals surface area contributed by atoms with Crippen molar-refractivity contribution in [3.63, 3.8) is 0 Å². The summed E-state index contributed by atoms with van der Waals surface area (Å²) in [5, 5.41) is 3.10.